The first-order valence-electron chi connectivity index (χ1n) is 5.14. The Labute approximate surface area is 102 Å². The number of benzene rings is 1. The van der Waals surface area contributed by atoms with E-state index >= 15 is 0 Å². The second-order valence-electron chi connectivity index (χ2n) is 3.69. The van der Waals surface area contributed by atoms with Crippen LogP contribution in [0.4, 0.5) is 4.39 Å². The molecule has 0 bridgehead atoms. The summed E-state index contributed by atoms with van der Waals surface area (Å²) in [5, 5.41) is 0.492. The van der Waals surface area contributed by atoms with E-state index in [-0.39, 0.29) is 5.82 Å². The molecule has 0 amide bonds. The van der Waals surface area contributed by atoms with Gasteiger partial charge in [-0.1, -0.05) is 29.8 Å². The van der Waals surface area contributed by atoms with Crippen molar-refractivity contribution >= 4 is 17.2 Å². The third-order valence-corrected chi connectivity index (χ3v) is 2.93. The Kier molecular flexibility index (Phi) is 2.34. The van der Waals surface area contributed by atoms with E-state index in [1.54, 1.807) is 16.5 Å². The van der Waals surface area contributed by atoms with Gasteiger partial charge < -0.3 is 0 Å². The van der Waals surface area contributed by atoms with Gasteiger partial charge in [0.15, 0.2) is 0 Å². The van der Waals surface area contributed by atoms with Crippen molar-refractivity contribution in [2.24, 2.45) is 0 Å². The highest BCUT2D eigenvalue weighted by Gasteiger charge is 2.11. The maximum atomic E-state index is 13.2. The highest BCUT2D eigenvalue weighted by Crippen LogP contribution is 2.28. The summed E-state index contributed by atoms with van der Waals surface area (Å²) in [6.07, 6.45) is 1.83. The summed E-state index contributed by atoms with van der Waals surface area (Å²) in [7, 11) is 0. The molecule has 0 spiro atoms. The quantitative estimate of drug-likeness (QED) is 0.639. The van der Waals surface area contributed by atoms with Gasteiger partial charge in [0.2, 0.25) is 0 Å². The molecular formula is C13H8ClFN2. The molecule has 0 saturated heterocycles. The fraction of sp³-hybridized carbons (Fsp3) is 0. The number of nitrogens with zero attached hydrogens (tertiary/aromatic N) is 2. The fourth-order valence-electron chi connectivity index (χ4n) is 1.79. The van der Waals surface area contributed by atoms with Gasteiger partial charge in [-0.3, -0.25) is 4.40 Å². The number of imidazole rings is 1. The van der Waals surface area contributed by atoms with E-state index < -0.39 is 0 Å². The van der Waals surface area contributed by atoms with Crippen LogP contribution in [0, 0.1) is 5.82 Å². The van der Waals surface area contributed by atoms with Crippen LogP contribution in [0.15, 0.2) is 48.7 Å². The fourth-order valence-corrected chi connectivity index (χ4v) is 2.08. The topological polar surface area (TPSA) is 17.3 Å². The SMILES string of the molecule is Fc1cccc(-c2nc3ccccn3c2Cl)c1. The van der Waals surface area contributed by atoms with Gasteiger partial charge in [0.05, 0.1) is 0 Å². The predicted molar refractivity (Wildman–Crippen MR) is 65.6 cm³/mol. The van der Waals surface area contributed by atoms with Gasteiger partial charge in [-0.05, 0) is 24.3 Å². The predicted octanol–water partition coefficient (Wildman–Crippen LogP) is 3.79. The van der Waals surface area contributed by atoms with Crippen molar-refractivity contribution in [2.45, 2.75) is 0 Å². The molecule has 2 aromatic heterocycles. The minimum absolute atomic E-state index is 0.296. The Morgan fingerprint density at radius 1 is 1.12 bits per heavy atom. The van der Waals surface area contributed by atoms with Gasteiger partial charge in [-0.25, -0.2) is 9.37 Å². The number of aromatic nitrogens is 2. The molecule has 84 valence electrons. The first-order chi connectivity index (χ1) is 8.25. The van der Waals surface area contributed by atoms with E-state index in [1.165, 1.54) is 12.1 Å². The summed E-state index contributed by atoms with van der Waals surface area (Å²) in [6.45, 7) is 0. The zero-order chi connectivity index (χ0) is 11.8. The summed E-state index contributed by atoms with van der Waals surface area (Å²) in [6, 6.07) is 11.9. The molecule has 4 heteroatoms. The van der Waals surface area contributed by atoms with E-state index in [9.17, 15) is 4.39 Å². The van der Waals surface area contributed by atoms with Crippen molar-refractivity contribution in [3.63, 3.8) is 0 Å². The average molecular weight is 247 g/mol. The summed E-state index contributed by atoms with van der Waals surface area (Å²) >= 11 is 6.22. The van der Waals surface area contributed by atoms with Gasteiger partial charge in [0.1, 0.15) is 22.3 Å². The van der Waals surface area contributed by atoms with Gasteiger partial charge in [0.25, 0.3) is 0 Å². The van der Waals surface area contributed by atoms with E-state index in [2.05, 4.69) is 4.98 Å². The Balaban J connectivity index is 2.27. The third-order valence-electron chi connectivity index (χ3n) is 2.57. The van der Waals surface area contributed by atoms with E-state index in [0.717, 1.165) is 5.65 Å². The lowest BCUT2D eigenvalue weighted by molar-refractivity contribution is 0.628. The molecule has 0 aliphatic heterocycles. The molecule has 0 aliphatic rings. The van der Waals surface area contributed by atoms with Gasteiger partial charge in [0, 0.05) is 11.8 Å². The number of pyridine rings is 1. The number of hydrogen-bond acceptors (Lipinski definition) is 1. The number of hydrogen-bond donors (Lipinski definition) is 0. The molecule has 17 heavy (non-hydrogen) atoms. The number of rotatable bonds is 1. The highest BCUT2D eigenvalue weighted by atomic mass is 35.5. The normalized spacial score (nSPS) is 10.9. The molecule has 3 aromatic rings. The second kappa shape index (κ2) is 3.86. The molecule has 0 saturated carbocycles. The second-order valence-corrected chi connectivity index (χ2v) is 4.05. The first-order valence-corrected chi connectivity index (χ1v) is 5.52. The molecular weight excluding hydrogens is 239 g/mol. The lowest BCUT2D eigenvalue weighted by Crippen LogP contribution is -1.82. The molecule has 2 heterocycles. The zero-order valence-electron chi connectivity index (χ0n) is 8.77. The highest BCUT2D eigenvalue weighted by molar-refractivity contribution is 6.32. The summed E-state index contributed by atoms with van der Waals surface area (Å²) in [5.41, 5.74) is 2.02. The van der Waals surface area contributed by atoms with Crippen LogP contribution in [0.1, 0.15) is 0 Å². The van der Waals surface area contributed by atoms with Crippen LogP contribution in [0.25, 0.3) is 16.9 Å². The first kappa shape index (κ1) is 10.3. The molecule has 0 radical (unpaired) electrons. The largest absolute Gasteiger partial charge is 0.290 e. The molecule has 0 unspecified atom stereocenters. The summed E-state index contributed by atoms with van der Waals surface area (Å²) < 4.78 is 14.9. The maximum absolute atomic E-state index is 13.2. The van der Waals surface area contributed by atoms with Crippen LogP contribution < -0.4 is 0 Å². The van der Waals surface area contributed by atoms with Crippen LogP contribution in [0.2, 0.25) is 5.15 Å². The Morgan fingerprint density at radius 2 is 2.00 bits per heavy atom. The monoisotopic (exact) mass is 246 g/mol. The standard InChI is InChI=1S/C13H8ClFN2/c14-13-12(9-4-3-5-10(15)8-9)16-11-6-1-2-7-17(11)13/h1-8H. The van der Waals surface area contributed by atoms with Crippen molar-refractivity contribution in [3.8, 4) is 11.3 Å². The third kappa shape index (κ3) is 1.68. The van der Waals surface area contributed by atoms with Gasteiger partial charge >= 0.3 is 0 Å². The van der Waals surface area contributed by atoms with Crippen LogP contribution >= 0.6 is 11.6 Å². The van der Waals surface area contributed by atoms with E-state index in [4.69, 9.17) is 11.6 Å². The molecule has 0 aliphatic carbocycles. The maximum Gasteiger partial charge on any atom is 0.141 e. The minimum atomic E-state index is -0.296. The van der Waals surface area contributed by atoms with Crippen LogP contribution in [-0.2, 0) is 0 Å². The Bertz CT molecular complexity index is 691. The Morgan fingerprint density at radius 3 is 2.76 bits per heavy atom. The average Bonchev–Trinajstić information content (AvgIpc) is 2.68. The van der Waals surface area contributed by atoms with Crippen molar-refractivity contribution < 1.29 is 4.39 Å². The number of fused-ring (bicyclic) bond motifs is 1. The van der Waals surface area contributed by atoms with Crippen molar-refractivity contribution in [1.29, 1.82) is 0 Å². The van der Waals surface area contributed by atoms with Crippen molar-refractivity contribution in [2.75, 3.05) is 0 Å². The van der Waals surface area contributed by atoms with Crippen LogP contribution in [0.3, 0.4) is 0 Å². The van der Waals surface area contributed by atoms with Crippen LogP contribution in [0.5, 0.6) is 0 Å². The van der Waals surface area contributed by atoms with Crippen molar-refractivity contribution in [1.82, 2.24) is 9.38 Å². The molecule has 0 N–H and O–H groups in total. The molecule has 1 aromatic carbocycles. The lowest BCUT2D eigenvalue weighted by Gasteiger charge is -1.97. The summed E-state index contributed by atoms with van der Waals surface area (Å²) in [5.74, 6) is -0.296. The van der Waals surface area contributed by atoms with Crippen molar-refractivity contribution in [3.05, 3.63) is 59.6 Å². The molecule has 0 fully saturated rings. The molecule has 3 rings (SSSR count). The molecule has 2 nitrogen and oxygen atoms in total. The number of halogens is 2. The lowest BCUT2D eigenvalue weighted by atomic mass is 10.2. The van der Waals surface area contributed by atoms with E-state index in [0.29, 0.717) is 16.4 Å². The Hall–Kier alpha value is -1.87. The van der Waals surface area contributed by atoms with E-state index in [1.807, 2.05) is 24.4 Å². The summed E-state index contributed by atoms with van der Waals surface area (Å²) in [4.78, 5) is 4.39. The smallest absolute Gasteiger partial charge is 0.141 e. The molecule has 0 atom stereocenters. The van der Waals surface area contributed by atoms with Gasteiger partial charge in [-0.2, -0.15) is 0 Å². The zero-order valence-corrected chi connectivity index (χ0v) is 9.53. The minimum Gasteiger partial charge on any atom is -0.290 e. The van der Waals surface area contributed by atoms with Gasteiger partial charge in [-0.15, -0.1) is 0 Å². The van der Waals surface area contributed by atoms with Crippen LogP contribution in [-0.4, -0.2) is 9.38 Å².